The van der Waals surface area contributed by atoms with Crippen LogP contribution in [0.1, 0.15) is 20.4 Å². The Hall–Kier alpha value is -0.780. The Labute approximate surface area is 58.5 Å². The quantitative estimate of drug-likeness (QED) is 0.498. The van der Waals surface area contributed by atoms with Gasteiger partial charge in [-0.25, -0.2) is 0 Å². The van der Waals surface area contributed by atoms with E-state index in [0.29, 0.717) is 0 Å². The standard InChI is InChI=1S/C7H8.2CH4/c1-7-5-3-2-4-6-7;;/h2-6H,1H3;2*1H4. The van der Waals surface area contributed by atoms with Crippen LogP contribution in [0.15, 0.2) is 30.3 Å². The zero-order chi connectivity index (χ0) is 5.11. The third-order valence-electron chi connectivity index (χ3n) is 0.940. The highest BCUT2D eigenvalue weighted by molar-refractivity contribution is 5.11. The van der Waals surface area contributed by atoms with Gasteiger partial charge in [-0.3, -0.25) is 0 Å². The Balaban J connectivity index is 0. The summed E-state index contributed by atoms with van der Waals surface area (Å²) in [4.78, 5) is 0. The number of hydrogen-bond donors (Lipinski definition) is 0. The molecule has 0 aliphatic heterocycles. The molecule has 0 heterocycles. The molecule has 0 bridgehead atoms. The largest absolute Gasteiger partial charge is 0.0776 e. The molecule has 0 fully saturated rings. The lowest BCUT2D eigenvalue weighted by molar-refractivity contribution is 1.48. The van der Waals surface area contributed by atoms with Crippen molar-refractivity contribution in [3.05, 3.63) is 35.9 Å². The molecule has 0 unspecified atom stereocenters. The minimum atomic E-state index is 0. The number of hydrogen-bond acceptors (Lipinski definition) is 0. The van der Waals surface area contributed by atoms with Gasteiger partial charge in [0.05, 0.1) is 0 Å². The first-order valence-corrected chi connectivity index (χ1v) is 2.41. The Morgan fingerprint density at radius 2 is 1.33 bits per heavy atom. The summed E-state index contributed by atoms with van der Waals surface area (Å²) < 4.78 is 0. The topological polar surface area (TPSA) is 0 Å². The second-order valence-electron chi connectivity index (χ2n) is 1.65. The van der Waals surface area contributed by atoms with E-state index < -0.39 is 0 Å². The van der Waals surface area contributed by atoms with Crippen molar-refractivity contribution in [1.29, 1.82) is 0 Å². The van der Waals surface area contributed by atoms with E-state index in [0.717, 1.165) is 0 Å². The van der Waals surface area contributed by atoms with E-state index in [2.05, 4.69) is 19.1 Å². The minimum Gasteiger partial charge on any atom is -0.0776 e. The van der Waals surface area contributed by atoms with Crippen LogP contribution in [0.5, 0.6) is 0 Å². The van der Waals surface area contributed by atoms with E-state index in [1.54, 1.807) is 0 Å². The van der Waals surface area contributed by atoms with Gasteiger partial charge in [-0.1, -0.05) is 50.7 Å². The highest BCUT2D eigenvalue weighted by Gasteiger charge is 1.72. The van der Waals surface area contributed by atoms with Gasteiger partial charge in [-0.15, -0.1) is 0 Å². The lowest BCUT2D eigenvalue weighted by Crippen LogP contribution is -1.62. The first-order valence-electron chi connectivity index (χ1n) is 2.41. The van der Waals surface area contributed by atoms with Gasteiger partial charge >= 0.3 is 0 Å². The summed E-state index contributed by atoms with van der Waals surface area (Å²) in [5.41, 5.74) is 1.32. The van der Waals surface area contributed by atoms with Crippen LogP contribution in [0, 0.1) is 6.92 Å². The average Bonchev–Trinajstić information content (AvgIpc) is 1.69. The zero-order valence-corrected chi connectivity index (χ0v) is 4.39. The molecular weight excluding hydrogens is 108 g/mol. The predicted molar refractivity (Wildman–Crippen MR) is 44.6 cm³/mol. The van der Waals surface area contributed by atoms with Crippen LogP contribution in [0.3, 0.4) is 0 Å². The maximum Gasteiger partial charge on any atom is -0.0398 e. The highest BCUT2D eigenvalue weighted by atomic mass is 13.8. The van der Waals surface area contributed by atoms with Crippen molar-refractivity contribution < 1.29 is 0 Å². The molecule has 0 nitrogen and oxygen atoms in total. The van der Waals surface area contributed by atoms with Gasteiger partial charge in [0.15, 0.2) is 0 Å². The summed E-state index contributed by atoms with van der Waals surface area (Å²) in [6.07, 6.45) is 0. The van der Waals surface area contributed by atoms with Crippen molar-refractivity contribution in [3.8, 4) is 0 Å². The van der Waals surface area contributed by atoms with Crippen LogP contribution >= 0.6 is 0 Å². The summed E-state index contributed by atoms with van der Waals surface area (Å²) in [6, 6.07) is 10.3. The monoisotopic (exact) mass is 124 g/mol. The predicted octanol–water partition coefficient (Wildman–Crippen LogP) is 3.27. The lowest BCUT2D eigenvalue weighted by atomic mass is 10.2. The second-order valence-corrected chi connectivity index (χ2v) is 1.65. The van der Waals surface area contributed by atoms with Crippen LogP contribution in [0.2, 0.25) is 0 Å². The Bertz CT molecular complexity index is 130. The summed E-state index contributed by atoms with van der Waals surface area (Å²) in [5, 5.41) is 0. The third kappa shape index (κ3) is 3.77. The smallest absolute Gasteiger partial charge is 0.0398 e. The molecule has 1 aromatic carbocycles. The van der Waals surface area contributed by atoms with Gasteiger partial charge in [0.25, 0.3) is 0 Å². The van der Waals surface area contributed by atoms with Gasteiger partial charge in [-0.2, -0.15) is 0 Å². The van der Waals surface area contributed by atoms with Crippen molar-refractivity contribution in [1.82, 2.24) is 0 Å². The van der Waals surface area contributed by atoms with E-state index in [9.17, 15) is 0 Å². The van der Waals surface area contributed by atoms with Crippen molar-refractivity contribution in [3.63, 3.8) is 0 Å². The molecule has 1 rings (SSSR count). The van der Waals surface area contributed by atoms with E-state index >= 15 is 0 Å². The van der Waals surface area contributed by atoms with Crippen LogP contribution in [-0.4, -0.2) is 0 Å². The Morgan fingerprint density at radius 1 is 0.889 bits per heavy atom. The van der Waals surface area contributed by atoms with E-state index in [-0.39, 0.29) is 14.9 Å². The summed E-state index contributed by atoms with van der Waals surface area (Å²) in [6.45, 7) is 2.08. The molecule has 52 valence electrons. The first kappa shape index (κ1) is 11.1. The molecule has 0 aliphatic carbocycles. The number of aryl methyl sites for hydroxylation is 1. The SMILES string of the molecule is C.C.Cc1ccccc1. The third-order valence-corrected chi connectivity index (χ3v) is 0.940. The molecule has 0 aliphatic rings. The molecule has 9 heavy (non-hydrogen) atoms. The summed E-state index contributed by atoms with van der Waals surface area (Å²) in [7, 11) is 0. The molecular formula is C9H16. The zero-order valence-electron chi connectivity index (χ0n) is 4.39. The molecule has 0 radical (unpaired) electrons. The van der Waals surface area contributed by atoms with Gasteiger partial charge < -0.3 is 0 Å². The molecule has 0 atom stereocenters. The van der Waals surface area contributed by atoms with Crippen molar-refractivity contribution in [2.45, 2.75) is 21.8 Å². The van der Waals surface area contributed by atoms with E-state index in [1.807, 2.05) is 18.2 Å². The molecule has 0 spiro atoms. The summed E-state index contributed by atoms with van der Waals surface area (Å²) >= 11 is 0. The van der Waals surface area contributed by atoms with E-state index in [1.165, 1.54) is 5.56 Å². The van der Waals surface area contributed by atoms with Crippen molar-refractivity contribution in [2.24, 2.45) is 0 Å². The number of benzene rings is 1. The maximum absolute atomic E-state index is 2.08. The van der Waals surface area contributed by atoms with Gasteiger partial charge in [-0.05, 0) is 6.92 Å². The van der Waals surface area contributed by atoms with Crippen molar-refractivity contribution >= 4 is 0 Å². The van der Waals surface area contributed by atoms with Crippen LogP contribution < -0.4 is 0 Å². The van der Waals surface area contributed by atoms with Crippen LogP contribution in [-0.2, 0) is 0 Å². The summed E-state index contributed by atoms with van der Waals surface area (Å²) in [5.74, 6) is 0. The van der Waals surface area contributed by atoms with Gasteiger partial charge in [0.1, 0.15) is 0 Å². The fraction of sp³-hybridized carbons (Fsp3) is 0.333. The number of rotatable bonds is 0. The fourth-order valence-corrected chi connectivity index (χ4v) is 0.534. The Kier molecular flexibility index (Phi) is 6.59. The molecule has 0 heteroatoms. The minimum absolute atomic E-state index is 0. The molecule has 0 saturated carbocycles. The lowest BCUT2D eigenvalue weighted by Gasteiger charge is -1.82. The maximum atomic E-state index is 2.08. The van der Waals surface area contributed by atoms with Crippen molar-refractivity contribution in [2.75, 3.05) is 0 Å². The molecule has 0 aromatic heterocycles. The van der Waals surface area contributed by atoms with Crippen LogP contribution in [0.4, 0.5) is 0 Å². The molecule has 0 N–H and O–H groups in total. The fourth-order valence-electron chi connectivity index (χ4n) is 0.534. The normalized spacial score (nSPS) is 6.78. The first-order chi connectivity index (χ1) is 3.39. The van der Waals surface area contributed by atoms with Gasteiger partial charge in [0, 0.05) is 0 Å². The second kappa shape index (κ2) is 5.36. The average molecular weight is 124 g/mol. The van der Waals surface area contributed by atoms with E-state index in [4.69, 9.17) is 0 Å². The highest BCUT2D eigenvalue weighted by Crippen LogP contribution is 1.92. The molecule has 0 saturated heterocycles. The molecule has 1 aromatic rings. The van der Waals surface area contributed by atoms with Crippen LogP contribution in [0.25, 0.3) is 0 Å². The Morgan fingerprint density at radius 3 is 1.56 bits per heavy atom. The molecule has 0 amide bonds. The van der Waals surface area contributed by atoms with Gasteiger partial charge in [0.2, 0.25) is 0 Å².